The highest BCUT2D eigenvalue weighted by Crippen LogP contribution is 2.23. The third-order valence-electron chi connectivity index (χ3n) is 4.50. The number of hydrogen-bond donors (Lipinski definition) is 0. The van der Waals surface area contributed by atoms with Crippen molar-refractivity contribution in [2.24, 2.45) is 5.92 Å². The number of aryl methyl sites for hydroxylation is 1. The lowest BCUT2D eigenvalue weighted by atomic mass is 9.98. The second-order valence-corrected chi connectivity index (χ2v) is 6.38. The lowest BCUT2D eigenvalue weighted by molar-refractivity contribution is 0.312. The number of halogens is 2. The van der Waals surface area contributed by atoms with Gasteiger partial charge in [0.15, 0.2) is 0 Å². The average molecular weight is 316 g/mol. The highest BCUT2D eigenvalue weighted by molar-refractivity contribution is 5.19. The molecule has 1 fully saturated rings. The van der Waals surface area contributed by atoms with E-state index in [1.807, 2.05) is 6.20 Å². The first-order valence-electron chi connectivity index (χ1n) is 8.23. The van der Waals surface area contributed by atoms with E-state index in [2.05, 4.69) is 28.9 Å². The van der Waals surface area contributed by atoms with Crippen LogP contribution >= 0.6 is 0 Å². The minimum absolute atomic E-state index is 0.450. The van der Waals surface area contributed by atoms with Crippen LogP contribution in [0.4, 0.5) is 8.78 Å². The summed E-state index contributed by atoms with van der Waals surface area (Å²) < 4.78 is 26.5. The Balaban J connectivity index is 1.55. The summed E-state index contributed by atoms with van der Waals surface area (Å²) in [7, 11) is 0. The van der Waals surface area contributed by atoms with Crippen molar-refractivity contribution in [3.63, 3.8) is 0 Å². The summed E-state index contributed by atoms with van der Waals surface area (Å²) in [6.45, 7) is 4.93. The van der Waals surface area contributed by atoms with E-state index in [9.17, 15) is 8.78 Å². The summed E-state index contributed by atoms with van der Waals surface area (Å²) in [5, 5.41) is 0. The van der Waals surface area contributed by atoms with Gasteiger partial charge in [-0.05, 0) is 61.1 Å². The summed E-state index contributed by atoms with van der Waals surface area (Å²) in [6, 6.07) is 8.03. The first kappa shape index (κ1) is 16.1. The maximum absolute atomic E-state index is 13.3. The average Bonchev–Trinajstić information content (AvgIpc) is 2.94. The van der Waals surface area contributed by atoms with Crippen LogP contribution in [0.1, 0.15) is 30.2 Å². The second-order valence-electron chi connectivity index (χ2n) is 6.38. The zero-order valence-corrected chi connectivity index (χ0v) is 13.4. The minimum Gasteiger partial charge on any atom is -0.297 e. The molecule has 1 saturated heterocycles. The van der Waals surface area contributed by atoms with E-state index in [0.717, 1.165) is 56.2 Å². The predicted octanol–water partition coefficient (Wildman–Crippen LogP) is 3.99. The lowest BCUT2D eigenvalue weighted by Gasteiger charge is -2.16. The fourth-order valence-electron chi connectivity index (χ4n) is 3.27. The van der Waals surface area contributed by atoms with Gasteiger partial charge in [0.05, 0.1) is 5.69 Å². The molecule has 0 radical (unpaired) electrons. The molecule has 4 heteroatoms. The summed E-state index contributed by atoms with van der Waals surface area (Å²) >= 11 is 0. The van der Waals surface area contributed by atoms with E-state index in [-0.39, 0.29) is 0 Å². The molecule has 23 heavy (non-hydrogen) atoms. The smallest absolute Gasteiger partial charge is 0.126 e. The number of pyridine rings is 1. The van der Waals surface area contributed by atoms with Gasteiger partial charge in [0, 0.05) is 25.4 Å². The number of aromatic nitrogens is 1. The van der Waals surface area contributed by atoms with Crippen LogP contribution in [-0.4, -0.2) is 23.0 Å². The number of nitrogens with zero attached hydrogens (tertiary/aromatic N) is 2. The standard InChI is InChI=1S/C19H22F2N2/c1-2-14-3-4-19(22-11-14)13-23-6-5-15(12-23)7-16-8-17(20)10-18(21)9-16/h3-4,8-11,15H,2,5-7,12-13H2,1H3. The fraction of sp³-hybridized carbons (Fsp3) is 0.421. The highest BCUT2D eigenvalue weighted by Gasteiger charge is 2.23. The van der Waals surface area contributed by atoms with Gasteiger partial charge in [0.2, 0.25) is 0 Å². The molecule has 0 N–H and O–H groups in total. The van der Waals surface area contributed by atoms with Crippen molar-refractivity contribution in [3.05, 3.63) is 65.0 Å². The molecule has 0 saturated carbocycles. The molecule has 1 aliphatic heterocycles. The van der Waals surface area contributed by atoms with Crippen molar-refractivity contribution in [2.75, 3.05) is 13.1 Å². The van der Waals surface area contributed by atoms with E-state index in [4.69, 9.17) is 0 Å². The van der Waals surface area contributed by atoms with Gasteiger partial charge in [-0.3, -0.25) is 9.88 Å². The number of likely N-dealkylation sites (tertiary alicyclic amines) is 1. The first-order chi connectivity index (χ1) is 11.1. The van der Waals surface area contributed by atoms with Crippen LogP contribution in [0.2, 0.25) is 0 Å². The minimum atomic E-state index is -0.491. The van der Waals surface area contributed by atoms with Crippen LogP contribution in [0.25, 0.3) is 0 Å². The Hall–Kier alpha value is -1.81. The lowest BCUT2D eigenvalue weighted by Crippen LogP contribution is -2.21. The van der Waals surface area contributed by atoms with Crippen molar-refractivity contribution in [2.45, 2.75) is 32.7 Å². The molecule has 1 unspecified atom stereocenters. The molecule has 0 spiro atoms. The van der Waals surface area contributed by atoms with Crippen LogP contribution in [0.15, 0.2) is 36.5 Å². The molecule has 2 nitrogen and oxygen atoms in total. The zero-order chi connectivity index (χ0) is 16.2. The Kier molecular flexibility index (Phi) is 5.01. The fourth-order valence-corrected chi connectivity index (χ4v) is 3.27. The normalized spacial score (nSPS) is 18.5. The van der Waals surface area contributed by atoms with Crippen LogP contribution in [0.5, 0.6) is 0 Å². The van der Waals surface area contributed by atoms with E-state index in [1.54, 1.807) is 0 Å². The second kappa shape index (κ2) is 7.18. The van der Waals surface area contributed by atoms with Crippen LogP contribution in [0.3, 0.4) is 0 Å². The van der Waals surface area contributed by atoms with Gasteiger partial charge in [-0.25, -0.2) is 8.78 Å². The Morgan fingerprint density at radius 2 is 1.91 bits per heavy atom. The van der Waals surface area contributed by atoms with Crippen LogP contribution in [-0.2, 0) is 19.4 Å². The zero-order valence-electron chi connectivity index (χ0n) is 13.4. The molecular formula is C19H22F2N2. The van der Waals surface area contributed by atoms with Crippen molar-refractivity contribution in [1.82, 2.24) is 9.88 Å². The van der Waals surface area contributed by atoms with Crippen molar-refractivity contribution in [1.29, 1.82) is 0 Å². The molecule has 0 bridgehead atoms. The molecule has 1 aliphatic rings. The van der Waals surface area contributed by atoms with Crippen molar-refractivity contribution in [3.8, 4) is 0 Å². The third kappa shape index (κ3) is 4.35. The predicted molar refractivity (Wildman–Crippen MR) is 87.1 cm³/mol. The van der Waals surface area contributed by atoms with Gasteiger partial charge >= 0.3 is 0 Å². The maximum atomic E-state index is 13.3. The van der Waals surface area contributed by atoms with E-state index >= 15 is 0 Å². The number of rotatable bonds is 5. The molecule has 1 aromatic carbocycles. The molecular weight excluding hydrogens is 294 g/mol. The monoisotopic (exact) mass is 316 g/mol. The van der Waals surface area contributed by atoms with Crippen molar-refractivity contribution >= 4 is 0 Å². The molecule has 1 aromatic heterocycles. The molecule has 122 valence electrons. The molecule has 2 aromatic rings. The molecule has 0 amide bonds. The molecule has 1 atom stereocenters. The van der Waals surface area contributed by atoms with Gasteiger partial charge in [0.1, 0.15) is 11.6 Å². The Labute approximate surface area is 136 Å². The highest BCUT2D eigenvalue weighted by atomic mass is 19.1. The Morgan fingerprint density at radius 3 is 2.57 bits per heavy atom. The topological polar surface area (TPSA) is 16.1 Å². The maximum Gasteiger partial charge on any atom is 0.126 e. The van der Waals surface area contributed by atoms with E-state index in [1.165, 1.54) is 17.7 Å². The first-order valence-corrected chi connectivity index (χ1v) is 8.23. The van der Waals surface area contributed by atoms with Crippen LogP contribution in [0, 0.1) is 17.6 Å². The molecule has 3 rings (SSSR count). The third-order valence-corrected chi connectivity index (χ3v) is 4.50. The SMILES string of the molecule is CCc1ccc(CN2CCC(Cc3cc(F)cc(F)c3)C2)nc1. The number of hydrogen-bond acceptors (Lipinski definition) is 2. The summed E-state index contributed by atoms with van der Waals surface area (Å²) in [4.78, 5) is 6.87. The van der Waals surface area contributed by atoms with Crippen LogP contribution < -0.4 is 0 Å². The largest absolute Gasteiger partial charge is 0.297 e. The Bertz CT molecular complexity index is 635. The summed E-state index contributed by atoms with van der Waals surface area (Å²) in [5.41, 5.74) is 3.08. The van der Waals surface area contributed by atoms with Gasteiger partial charge in [-0.15, -0.1) is 0 Å². The van der Waals surface area contributed by atoms with Gasteiger partial charge in [0.25, 0.3) is 0 Å². The Morgan fingerprint density at radius 1 is 1.13 bits per heavy atom. The van der Waals surface area contributed by atoms with Gasteiger partial charge in [-0.1, -0.05) is 13.0 Å². The molecule has 0 aliphatic carbocycles. The van der Waals surface area contributed by atoms with E-state index in [0.29, 0.717) is 5.92 Å². The summed E-state index contributed by atoms with van der Waals surface area (Å²) in [5.74, 6) is -0.531. The number of benzene rings is 1. The van der Waals surface area contributed by atoms with Gasteiger partial charge in [-0.2, -0.15) is 0 Å². The van der Waals surface area contributed by atoms with Crippen molar-refractivity contribution < 1.29 is 8.78 Å². The molecule has 2 heterocycles. The quantitative estimate of drug-likeness (QED) is 0.829. The summed E-state index contributed by atoms with van der Waals surface area (Å²) in [6.07, 6.45) is 4.74. The van der Waals surface area contributed by atoms with Gasteiger partial charge < -0.3 is 0 Å². The van der Waals surface area contributed by atoms with E-state index < -0.39 is 11.6 Å².